The van der Waals surface area contributed by atoms with Crippen molar-refractivity contribution in [3.63, 3.8) is 0 Å². The molecule has 1 saturated carbocycles. The summed E-state index contributed by atoms with van der Waals surface area (Å²) in [7, 11) is 0. The van der Waals surface area contributed by atoms with Gasteiger partial charge in [0.2, 0.25) is 5.95 Å². The van der Waals surface area contributed by atoms with Crippen molar-refractivity contribution in [3.05, 3.63) is 36.2 Å². The van der Waals surface area contributed by atoms with Crippen LogP contribution in [0.4, 0.5) is 5.95 Å². The molecule has 5 nitrogen and oxygen atoms in total. The Morgan fingerprint density at radius 3 is 3.00 bits per heavy atom. The fourth-order valence-corrected chi connectivity index (χ4v) is 1.75. The van der Waals surface area contributed by atoms with Gasteiger partial charge >= 0.3 is 0 Å². The van der Waals surface area contributed by atoms with E-state index >= 15 is 0 Å². The van der Waals surface area contributed by atoms with E-state index in [0.717, 1.165) is 24.0 Å². The summed E-state index contributed by atoms with van der Waals surface area (Å²) in [6.07, 6.45) is 8.09. The van der Waals surface area contributed by atoms with E-state index < -0.39 is 0 Å². The second kappa shape index (κ2) is 4.16. The van der Waals surface area contributed by atoms with Gasteiger partial charge in [-0.05, 0) is 25.8 Å². The van der Waals surface area contributed by atoms with Crippen molar-refractivity contribution >= 4 is 5.95 Å². The van der Waals surface area contributed by atoms with Crippen molar-refractivity contribution in [1.82, 2.24) is 19.5 Å². The first-order valence-corrected chi connectivity index (χ1v) is 5.87. The minimum atomic E-state index is 0.614. The van der Waals surface area contributed by atoms with E-state index in [1.54, 1.807) is 6.20 Å². The van der Waals surface area contributed by atoms with Crippen molar-refractivity contribution in [3.8, 4) is 0 Å². The molecule has 0 aromatic carbocycles. The molecule has 0 bridgehead atoms. The number of hydrogen-bond acceptors (Lipinski definition) is 4. The smallest absolute Gasteiger partial charge is 0.203 e. The number of aromatic nitrogens is 4. The van der Waals surface area contributed by atoms with Crippen LogP contribution < -0.4 is 5.32 Å². The summed E-state index contributed by atoms with van der Waals surface area (Å²) in [6.45, 7) is 2.64. The molecular weight excluding hydrogens is 214 g/mol. The van der Waals surface area contributed by atoms with E-state index in [-0.39, 0.29) is 0 Å². The summed E-state index contributed by atoms with van der Waals surface area (Å²) in [5.74, 6) is 1.74. The van der Waals surface area contributed by atoms with Crippen LogP contribution in [0.1, 0.15) is 24.4 Å². The van der Waals surface area contributed by atoms with E-state index in [4.69, 9.17) is 0 Å². The Morgan fingerprint density at radius 1 is 1.35 bits per heavy atom. The average Bonchev–Trinajstić information content (AvgIpc) is 3.01. The van der Waals surface area contributed by atoms with Crippen LogP contribution in [0.5, 0.6) is 0 Å². The number of nitrogens with one attached hydrogen (secondary N) is 1. The molecule has 0 radical (unpaired) electrons. The molecule has 2 aromatic rings. The molecule has 2 aromatic heterocycles. The van der Waals surface area contributed by atoms with Gasteiger partial charge in [-0.15, -0.1) is 0 Å². The number of rotatable bonds is 4. The van der Waals surface area contributed by atoms with Gasteiger partial charge in [-0.1, -0.05) is 0 Å². The number of aryl methyl sites for hydroxylation is 1. The van der Waals surface area contributed by atoms with Gasteiger partial charge in [-0.25, -0.2) is 15.0 Å². The minimum Gasteiger partial charge on any atom is -0.353 e. The molecule has 1 N–H and O–H groups in total. The first-order valence-electron chi connectivity index (χ1n) is 5.87. The molecule has 3 rings (SSSR count). The Labute approximate surface area is 99.9 Å². The molecule has 0 unspecified atom stereocenters. The predicted molar refractivity (Wildman–Crippen MR) is 64.7 cm³/mol. The lowest BCUT2D eigenvalue weighted by atomic mass is 10.4. The molecule has 17 heavy (non-hydrogen) atoms. The Morgan fingerprint density at radius 2 is 2.24 bits per heavy atom. The number of imidazole rings is 1. The minimum absolute atomic E-state index is 0.614. The molecule has 88 valence electrons. The number of nitrogens with zero attached hydrogens (tertiary/aromatic N) is 4. The highest BCUT2D eigenvalue weighted by Crippen LogP contribution is 2.23. The molecule has 1 aliphatic carbocycles. The summed E-state index contributed by atoms with van der Waals surface area (Å²) in [5.41, 5.74) is 1.01. The molecule has 0 aliphatic heterocycles. The molecule has 0 amide bonds. The third kappa shape index (κ3) is 2.43. The largest absolute Gasteiger partial charge is 0.353 e. The highest BCUT2D eigenvalue weighted by atomic mass is 15.2. The van der Waals surface area contributed by atoms with Crippen LogP contribution in [0.3, 0.4) is 0 Å². The zero-order valence-corrected chi connectivity index (χ0v) is 9.80. The lowest BCUT2D eigenvalue weighted by Crippen LogP contribution is -2.10. The maximum atomic E-state index is 4.40. The highest BCUT2D eigenvalue weighted by molar-refractivity contribution is 5.30. The maximum Gasteiger partial charge on any atom is 0.203 e. The van der Waals surface area contributed by atoms with Gasteiger partial charge < -0.3 is 9.88 Å². The normalized spacial score (nSPS) is 14.9. The highest BCUT2D eigenvalue weighted by Gasteiger charge is 2.22. The fourth-order valence-electron chi connectivity index (χ4n) is 1.75. The van der Waals surface area contributed by atoms with Crippen LogP contribution in [0.15, 0.2) is 24.7 Å². The first kappa shape index (κ1) is 10.3. The summed E-state index contributed by atoms with van der Waals surface area (Å²) < 4.78 is 2.08. The van der Waals surface area contributed by atoms with Gasteiger partial charge in [0, 0.05) is 24.6 Å². The van der Waals surface area contributed by atoms with E-state index in [2.05, 4.69) is 24.8 Å². The molecule has 0 saturated heterocycles. The van der Waals surface area contributed by atoms with Crippen LogP contribution in [0.25, 0.3) is 0 Å². The summed E-state index contributed by atoms with van der Waals surface area (Å²) in [5, 5.41) is 3.41. The van der Waals surface area contributed by atoms with Crippen LogP contribution in [-0.4, -0.2) is 25.6 Å². The topological polar surface area (TPSA) is 55.6 Å². The standard InChI is InChI=1S/C12H15N5/c1-9-13-5-4-11(15-9)8-17-7-6-14-12(17)16-10-2-3-10/h4-7,10H,2-3,8H2,1H3,(H,14,16). The monoisotopic (exact) mass is 229 g/mol. The zero-order valence-electron chi connectivity index (χ0n) is 9.80. The quantitative estimate of drug-likeness (QED) is 0.865. The SMILES string of the molecule is Cc1nccc(Cn2ccnc2NC2CC2)n1. The summed E-state index contributed by atoms with van der Waals surface area (Å²) >= 11 is 0. The van der Waals surface area contributed by atoms with Gasteiger partial charge in [0.05, 0.1) is 12.2 Å². The van der Waals surface area contributed by atoms with Crippen LogP contribution in [0, 0.1) is 6.92 Å². The number of hydrogen-bond donors (Lipinski definition) is 1. The fraction of sp³-hybridized carbons (Fsp3) is 0.417. The average molecular weight is 229 g/mol. The van der Waals surface area contributed by atoms with E-state index in [1.807, 2.05) is 25.4 Å². The van der Waals surface area contributed by atoms with Gasteiger partial charge in [0.1, 0.15) is 5.82 Å². The third-order valence-electron chi connectivity index (χ3n) is 2.79. The Hall–Kier alpha value is -1.91. The second-order valence-corrected chi connectivity index (χ2v) is 4.39. The molecule has 0 atom stereocenters. The zero-order chi connectivity index (χ0) is 11.7. The lowest BCUT2D eigenvalue weighted by Gasteiger charge is -2.08. The number of anilines is 1. The van der Waals surface area contributed by atoms with Gasteiger partial charge in [0.25, 0.3) is 0 Å². The Bertz CT molecular complexity index is 515. The molecule has 1 fully saturated rings. The molecule has 2 heterocycles. The van der Waals surface area contributed by atoms with E-state index in [9.17, 15) is 0 Å². The van der Waals surface area contributed by atoms with Crippen molar-refractivity contribution in [2.45, 2.75) is 32.4 Å². The van der Waals surface area contributed by atoms with Gasteiger partial charge in [-0.3, -0.25) is 0 Å². The maximum absolute atomic E-state index is 4.40. The Balaban J connectivity index is 1.77. The first-order chi connectivity index (χ1) is 8.31. The van der Waals surface area contributed by atoms with Crippen molar-refractivity contribution in [2.24, 2.45) is 0 Å². The van der Waals surface area contributed by atoms with Gasteiger partial charge in [0.15, 0.2) is 0 Å². The lowest BCUT2D eigenvalue weighted by molar-refractivity contribution is 0.763. The molecule has 1 aliphatic rings. The van der Waals surface area contributed by atoms with Crippen molar-refractivity contribution in [1.29, 1.82) is 0 Å². The van der Waals surface area contributed by atoms with E-state index in [0.29, 0.717) is 6.04 Å². The molecule has 5 heteroatoms. The van der Waals surface area contributed by atoms with Crippen molar-refractivity contribution < 1.29 is 0 Å². The van der Waals surface area contributed by atoms with Crippen LogP contribution in [-0.2, 0) is 6.54 Å². The third-order valence-corrected chi connectivity index (χ3v) is 2.79. The van der Waals surface area contributed by atoms with Crippen LogP contribution in [0.2, 0.25) is 0 Å². The predicted octanol–water partition coefficient (Wildman–Crippen LogP) is 1.60. The molecular formula is C12H15N5. The summed E-state index contributed by atoms with van der Waals surface area (Å²) in [4.78, 5) is 12.8. The van der Waals surface area contributed by atoms with E-state index in [1.165, 1.54) is 12.8 Å². The second-order valence-electron chi connectivity index (χ2n) is 4.39. The van der Waals surface area contributed by atoms with Gasteiger partial charge in [-0.2, -0.15) is 0 Å². The van der Waals surface area contributed by atoms with Crippen molar-refractivity contribution in [2.75, 3.05) is 5.32 Å². The Kier molecular flexibility index (Phi) is 2.51. The van der Waals surface area contributed by atoms with Crippen LogP contribution >= 0.6 is 0 Å². The molecule has 0 spiro atoms. The summed E-state index contributed by atoms with van der Waals surface area (Å²) in [6, 6.07) is 2.55.